The summed E-state index contributed by atoms with van der Waals surface area (Å²) in [5.41, 5.74) is 4.79. The number of nitrogens with one attached hydrogen (secondary N) is 2. The lowest BCUT2D eigenvalue weighted by molar-refractivity contribution is -0.140. The molecule has 0 saturated carbocycles. The van der Waals surface area contributed by atoms with Gasteiger partial charge in [0, 0.05) is 0 Å². The molecule has 0 aromatic rings. The van der Waals surface area contributed by atoms with Crippen LogP contribution in [0.3, 0.4) is 0 Å². The zero-order chi connectivity index (χ0) is 13.6. The molecule has 2 unspecified atom stereocenters. The lowest BCUT2D eigenvalue weighted by Gasteiger charge is -2.20. The maximum atomic E-state index is 11.3. The molecular formula is C10H19N3O4. The van der Waals surface area contributed by atoms with E-state index in [0.717, 1.165) is 0 Å². The van der Waals surface area contributed by atoms with Gasteiger partial charge in [-0.25, -0.2) is 4.79 Å². The van der Waals surface area contributed by atoms with Gasteiger partial charge in [0.05, 0.1) is 6.04 Å². The highest BCUT2D eigenvalue weighted by Crippen LogP contribution is 2.05. The van der Waals surface area contributed by atoms with Crippen molar-refractivity contribution >= 4 is 17.9 Å². The Hall–Kier alpha value is -1.63. The molecular weight excluding hydrogens is 226 g/mol. The second-order valence-electron chi connectivity index (χ2n) is 4.26. The Morgan fingerprint density at radius 1 is 1.24 bits per heavy atom. The van der Waals surface area contributed by atoms with Gasteiger partial charge < -0.3 is 10.8 Å². The second kappa shape index (κ2) is 6.85. The topological polar surface area (TPSA) is 122 Å². The van der Waals surface area contributed by atoms with Gasteiger partial charge in [-0.3, -0.25) is 20.2 Å². The smallest absolute Gasteiger partial charge is 0.320 e. The van der Waals surface area contributed by atoms with E-state index >= 15 is 0 Å². The van der Waals surface area contributed by atoms with Crippen molar-refractivity contribution in [1.82, 2.24) is 10.6 Å². The molecule has 98 valence electrons. The molecule has 0 aliphatic heterocycles. The van der Waals surface area contributed by atoms with Crippen LogP contribution in [-0.2, 0) is 9.59 Å². The van der Waals surface area contributed by atoms with Crippen LogP contribution in [0, 0.1) is 5.92 Å². The summed E-state index contributed by atoms with van der Waals surface area (Å²) in [4.78, 5) is 32.7. The van der Waals surface area contributed by atoms with Crippen LogP contribution < -0.4 is 16.4 Å². The zero-order valence-electron chi connectivity index (χ0n) is 10.2. The van der Waals surface area contributed by atoms with Gasteiger partial charge >= 0.3 is 12.0 Å². The monoisotopic (exact) mass is 245 g/mol. The molecule has 0 aliphatic rings. The number of urea groups is 1. The predicted octanol–water partition coefficient (Wildman–Crippen LogP) is -0.341. The highest BCUT2D eigenvalue weighted by Gasteiger charge is 2.24. The highest BCUT2D eigenvalue weighted by atomic mass is 16.4. The fourth-order valence-corrected chi connectivity index (χ4v) is 1.32. The Labute approximate surface area is 99.7 Å². The Balaban J connectivity index is 4.39. The van der Waals surface area contributed by atoms with Gasteiger partial charge in [0.1, 0.15) is 6.04 Å². The van der Waals surface area contributed by atoms with E-state index in [1.165, 1.54) is 6.92 Å². The van der Waals surface area contributed by atoms with E-state index in [2.05, 4.69) is 5.32 Å². The van der Waals surface area contributed by atoms with Crippen LogP contribution in [0.1, 0.15) is 27.2 Å². The number of hydrogen-bond acceptors (Lipinski definition) is 4. The summed E-state index contributed by atoms with van der Waals surface area (Å²) < 4.78 is 0. The van der Waals surface area contributed by atoms with Crippen molar-refractivity contribution in [2.75, 3.05) is 0 Å². The number of nitrogens with two attached hydrogens (primary N) is 1. The van der Waals surface area contributed by atoms with Crippen molar-refractivity contribution in [3.63, 3.8) is 0 Å². The lowest BCUT2D eigenvalue weighted by atomic mass is 10.0. The van der Waals surface area contributed by atoms with Crippen LogP contribution in [0.4, 0.5) is 4.79 Å². The van der Waals surface area contributed by atoms with Crippen LogP contribution in [-0.4, -0.2) is 35.1 Å². The fraction of sp³-hybridized carbons (Fsp3) is 0.700. The van der Waals surface area contributed by atoms with E-state index in [1.807, 2.05) is 19.2 Å². The van der Waals surface area contributed by atoms with E-state index in [0.29, 0.717) is 6.42 Å². The molecule has 0 aromatic heterocycles. The summed E-state index contributed by atoms with van der Waals surface area (Å²) in [5, 5.41) is 13.5. The van der Waals surface area contributed by atoms with Crippen molar-refractivity contribution < 1.29 is 19.5 Å². The minimum Gasteiger partial charge on any atom is -0.480 e. The van der Waals surface area contributed by atoms with Crippen molar-refractivity contribution in [1.29, 1.82) is 0 Å². The molecule has 0 rings (SSSR count). The third kappa shape index (κ3) is 6.52. The number of aliphatic carboxylic acids is 1. The van der Waals surface area contributed by atoms with Gasteiger partial charge in [0.15, 0.2) is 0 Å². The standard InChI is InChI=1S/C10H19N3O4/c1-5(2)4-7(9(15)16)12-6(3)8(14)13-10(11)17/h5-7,12H,4H2,1-3H3,(H,15,16)(H3,11,13,14,17). The number of carboxylic acids is 1. The van der Waals surface area contributed by atoms with E-state index in [4.69, 9.17) is 10.8 Å². The molecule has 0 bridgehead atoms. The summed E-state index contributed by atoms with van der Waals surface area (Å²) in [5.74, 6) is -1.50. The van der Waals surface area contributed by atoms with Gasteiger partial charge in [-0.1, -0.05) is 13.8 Å². The van der Waals surface area contributed by atoms with Crippen LogP contribution >= 0.6 is 0 Å². The highest BCUT2D eigenvalue weighted by molar-refractivity contribution is 5.96. The third-order valence-corrected chi connectivity index (χ3v) is 2.10. The SMILES string of the molecule is CC(C)CC(NC(C)C(=O)NC(N)=O)C(=O)O. The van der Waals surface area contributed by atoms with Gasteiger partial charge in [-0.15, -0.1) is 0 Å². The minimum absolute atomic E-state index is 0.176. The zero-order valence-corrected chi connectivity index (χ0v) is 10.2. The summed E-state index contributed by atoms with van der Waals surface area (Å²) >= 11 is 0. The first-order valence-electron chi connectivity index (χ1n) is 5.33. The van der Waals surface area contributed by atoms with E-state index < -0.39 is 30.0 Å². The molecule has 17 heavy (non-hydrogen) atoms. The Bertz CT molecular complexity index is 304. The summed E-state index contributed by atoms with van der Waals surface area (Å²) in [6.07, 6.45) is 0.392. The number of primary amides is 1. The number of carbonyl (C=O) groups excluding carboxylic acids is 2. The van der Waals surface area contributed by atoms with Gasteiger partial charge in [0.25, 0.3) is 0 Å². The third-order valence-electron chi connectivity index (χ3n) is 2.10. The molecule has 0 aliphatic carbocycles. The largest absolute Gasteiger partial charge is 0.480 e. The van der Waals surface area contributed by atoms with Crippen LogP contribution in [0.5, 0.6) is 0 Å². The molecule has 5 N–H and O–H groups in total. The maximum absolute atomic E-state index is 11.3. The minimum atomic E-state index is -1.03. The number of imide groups is 1. The second-order valence-corrected chi connectivity index (χ2v) is 4.26. The summed E-state index contributed by atoms with van der Waals surface area (Å²) in [7, 11) is 0. The fourth-order valence-electron chi connectivity index (χ4n) is 1.32. The molecule has 0 radical (unpaired) electrons. The van der Waals surface area contributed by atoms with Gasteiger partial charge in [0.2, 0.25) is 5.91 Å². The van der Waals surface area contributed by atoms with Crippen LogP contribution in [0.2, 0.25) is 0 Å². The van der Waals surface area contributed by atoms with Crippen molar-refractivity contribution in [3.05, 3.63) is 0 Å². The Kier molecular flexibility index (Phi) is 6.19. The molecule has 0 aromatic carbocycles. The number of carbonyl (C=O) groups is 3. The molecule has 3 amide bonds. The van der Waals surface area contributed by atoms with Crippen molar-refractivity contribution in [2.24, 2.45) is 11.7 Å². The normalized spacial score (nSPS) is 14.1. The van der Waals surface area contributed by atoms with Crippen molar-refractivity contribution in [2.45, 2.75) is 39.3 Å². The van der Waals surface area contributed by atoms with Crippen LogP contribution in [0.25, 0.3) is 0 Å². The molecule has 0 saturated heterocycles. The quantitative estimate of drug-likeness (QED) is 0.510. The first-order valence-corrected chi connectivity index (χ1v) is 5.33. The molecule has 7 heteroatoms. The number of rotatable bonds is 6. The predicted molar refractivity (Wildman–Crippen MR) is 61.2 cm³/mol. The summed E-state index contributed by atoms with van der Waals surface area (Å²) in [6.45, 7) is 5.23. The van der Waals surface area contributed by atoms with Gasteiger partial charge in [-0.05, 0) is 19.3 Å². The first kappa shape index (κ1) is 15.4. The number of carboxylic acid groups (broad SMARTS) is 1. The molecule has 7 nitrogen and oxygen atoms in total. The van der Waals surface area contributed by atoms with Gasteiger partial charge in [-0.2, -0.15) is 0 Å². The first-order chi connectivity index (χ1) is 7.73. The Morgan fingerprint density at radius 3 is 2.12 bits per heavy atom. The number of amides is 3. The Morgan fingerprint density at radius 2 is 1.76 bits per heavy atom. The summed E-state index contributed by atoms with van der Waals surface area (Å²) in [6, 6.07) is -2.59. The molecule has 0 heterocycles. The van der Waals surface area contributed by atoms with E-state index in [1.54, 1.807) is 0 Å². The molecule has 0 spiro atoms. The van der Waals surface area contributed by atoms with E-state index in [-0.39, 0.29) is 5.92 Å². The van der Waals surface area contributed by atoms with E-state index in [9.17, 15) is 14.4 Å². The lowest BCUT2D eigenvalue weighted by Crippen LogP contribution is -2.51. The number of hydrogen-bond donors (Lipinski definition) is 4. The maximum Gasteiger partial charge on any atom is 0.320 e. The molecule has 0 fully saturated rings. The molecule has 2 atom stereocenters. The average molecular weight is 245 g/mol. The van der Waals surface area contributed by atoms with Crippen LogP contribution in [0.15, 0.2) is 0 Å². The van der Waals surface area contributed by atoms with Crippen molar-refractivity contribution in [3.8, 4) is 0 Å². The average Bonchev–Trinajstić information content (AvgIpc) is 2.14.